The molecule has 0 radical (unpaired) electrons. The molecule has 1 aromatic rings. The van der Waals surface area contributed by atoms with Gasteiger partial charge in [-0.2, -0.15) is 0 Å². The Morgan fingerprint density at radius 1 is 1.43 bits per heavy atom. The first-order chi connectivity index (χ1) is 10.1. The number of nitro groups is 1. The predicted molar refractivity (Wildman–Crippen MR) is 77.7 cm³/mol. The first-order valence-corrected chi connectivity index (χ1v) is 7.22. The van der Waals surface area contributed by atoms with E-state index in [1.54, 1.807) is 12.1 Å². The summed E-state index contributed by atoms with van der Waals surface area (Å²) < 4.78 is 5.08. The number of nitro benzene ring substituents is 1. The molecule has 0 aliphatic carbocycles. The molecule has 1 heterocycles. The molecule has 2 rings (SSSR count). The van der Waals surface area contributed by atoms with Crippen molar-refractivity contribution in [2.45, 2.75) is 26.3 Å². The second-order valence-electron chi connectivity index (χ2n) is 5.25. The van der Waals surface area contributed by atoms with Crippen LogP contribution in [0.4, 0.5) is 5.69 Å². The molecule has 1 aromatic carbocycles. The second-order valence-corrected chi connectivity index (χ2v) is 5.25. The summed E-state index contributed by atoms with van der Waals surface area (Å²) in [6, 6.07) is 6.57. The van der Waals surface area contributed by atoms with E-state index in [2.05, 4.69) is 4.90 Å². The van der Waals surface area contributed by atoms with Crippen molar-refractivity contribution in [1.82, 2.24) is 4.90 Å². The number of hydrogen-bond donors (Lipinski definition) is 0. The van der Waals surface area contributed by atoms with E-state index in [1.165, 1.54) is 12.1 Å². The van der Waals surface area contributed by atoms with Gasteiger partial charge in [0.1, 0.15) is 0 Å². The lowest BCUT2D eigenvalue weighted by atomic mass is 9.97. The molecule has 21 heavy (non-hydrogen) atoms. The first-order valence-electron chi connectivity index (χ1n) is 7.22. The minimum Gasteiger partial charge on any atom is -0.466 e. The Kier molecular flexibility index (Phi) is 5.27. The fraction of sp³-hybridized carbons (Fsp3) is 0.533. The van der Waals surface area contributed by atoms with Gasteiger partial charge in [-0.3, -0.25) is 19.8 Å². The molecule has 1 fully saturated rings. The van der Waals surface area contributed by atoms with Crippen LogP contribution in [0.5, 0.6) is 0 Å². The van der Waals surface area contributed by atoms with Gasteiger partial charge < -0.3 is 4.74 Å². The zero-order valence-corrected chi connectivity index (χ0v) is 12.2. The van der Waals surface area contributed by atoms with E-state index in [0.29, 0.717) is 19.7 Å². The number of nitrogens with zero attached hydrogens (tertiary/aromatic N) is 2. The van der Waals surface area contributed by atoms with Crippen LogP contribution in [-0.4, -0.2) is 35.5 Å². The van der Waals surface area contributed by atoms with Crippen LogP contribution in [0.2, 0.25) is 0 Å². The highest BCUT2D eigenvalue weighted by Crippen LogP contribution is 2.20. The van der Waals surface area contributed by atoms with Gasteiger partial charge in [-0.25, -0.2) is 0 Å². The molecule has 114 valence electrons. The molecular formula is C15H20N2O4. The monoisotopic (exact) mass is 292 g/mol. The Balaban J connectivity index is 1.93. The van der Waals surface area contributed by atoms with Crippen LogP contribution >= 0.6 is 0 Å². The lowest BCUT2D eigenvalue weighted by Gasteiger charge is -2.31. The smallest absolute Gasteiger partial charge is 0.310 e. The minimum absolute atomic E-state index is 0.0586. The van der Waals surface area contributed by atoms with Gasteiger partial charge in [-0.1, -0.05) is 12.1 Å². The van der Waals surface area contributed by atoms with Crippen molar-refractivity contribution in [2.75, 3.05) is 19.7 Å². The van der Waals surface area contributed by atoms with Crippen LogP contribution in [-0.2, 0) is 16.1 Å². The number of ether oxygens (including phenoxy) is 1. The summed E-state index contributed by atoms with van der Waals surface area (Å²) in [7, 11) is 0. The predicted octanol–water partition coefficient (Wildman–Crippen LogP) is 2.37. The van der Waals surface area contributed by atoms with Crippen LogP contribution in [0.15, 0.2) is 24.3 Å². The van der Waals surface area contributed by atoms with Crippen LogP contribution < -0.4 is 0 Å². The van der Waals surface area contributed by atoms with Crippen molar-refractivity contribution in [1.29, 1.82) is 0 Å². The molecular weight excluding hydrogens is 272 g/mol. The third-order valence-corrected chi connectivity index (χ3v) is 3.68. The number of benzene rings is 1. The minimum atomic E-state index is -0.401. The summed E-state index contributed by atoms with van der Waals surface area (Å²) in [5.74, 6) is -0.178. The molecule has 6 nitrogen and oxygen atoms in total. The Morgan fingerprint density at radius 2 is 2.14 bits per heavy atom. The van der Waals surface area contributed by atoms with Gasteiger partial charge in [0.15, 0.2) is 0 Å². The van der Waals surface area contributed by atoms with Crippen molar-refractivity contribution in [3.05, 3.63) is 39.9 Å². The number of carbonyl (C=O) groups is 1. The fourth-order valence-corrected chi connectivity index (χ4v) is 2.63. The molecule has 0 saturated carbocycles. The van der Waals surface area contributed by atoms with E-state index < -0.39 is 4.92 Å². The number of esters is 1. The van der Waals surface area contributed by atoms with Crippen LogP contribution in [0.3, 0.4) is 0 Å². The summed E-state index contributed by atoms with van der Waals surface area (Å²) in [6.45, 7) is 4.56. The van der Waals surface area contributed by atoms with E-state index in [1.807, 2.05) is 6.92 Å². The standard InChI is InChI=1S/C15H20N2O4/c1-2-21-15(18)13-4-3-9-16(11-13)10-12-5-7-14(8-6-12)17(19)20/h5-8,13H,2-4,9-11H2,1H3. The third kappa shape index (κ3) is 4.26. The van der Waals surface area contributed by atoms with Crippen molar-refractivity contribution >= 4 is 11.7 Å². The number of rotatable bonds is 5. The van der Waals surface area contributed by atoms with Crippen molar-refractivity contribution in [3.8, 4) is 0 Å². The highest BCUT2D eigenvalue weighted by atomic mass is 16.6. The topological polar surface area (TPSA) is 72.7 Å². The molecule has 0 N–H and O–H groups in total. The van der Waals surface area contributed by atoms with E-state index in [4.69, 9.17) is 4.74 Å². The van der Waals surface area contributed by atoms with Crippen molar-refractivity contribution in [3.63, 3.8) is 0 Å². The molecule has 0 amide bonds. The Bertz CT molecular complexity index is 501. The quantitative estimate of drug-likeness (QED) is 0.473. The summed E-state index contributed by atoms with van der Waals surface area (Å²) in [4.78, 5) is 24.2. The summed E-state index contributed by atoms with van der Waals surface area (Å²) >= 11 is 0. The van der Waals surface area contributed by atoms with E-state index in [-0.39, 0.29) is 17.6 Å². The fourth-order valence-electron chi connectivity index (χ4n) is 2.63. The van der Waals surface area contributed by atoms with E-state index in [9.17, 15) is 14.9 Å². The number of likely N-dealkylation sites (tertiary alicyclic amines) is 1. The molecule has 1 aliphatic rings. The zero-order valence-electron chi connectivity index (χ0n) is 12.2. The molecule has 1 aliphatic heterocycles. The average molecular weight is 292 g/mol. The van der Waals surface area contributed by atoms with Gasteiger partial charge in [0.2, 0.25) is 0 Å². The van der Waals surface area contributed by atoms with Crippen molar-refractivity contribution in [2.24, 2.45) is 5.92 Å². The summed E-state index contributed by atoms with van der Waals surface area (Å²) in [6.07, 6.45) is 1.84. The maximum Gasteiger partial charge on any atom is 0.310 e. The van der Waals surface area contributed by atoms with Gasteiger partial charge in [-0.05, 0) is 31.9 Å². The van der Waals surface area contributed by atoms with Crippen molar-refractivity contribution < 1.29 is 14.5 Å². The maximum atomic E-state index is 11.8. The number of non-ortho nitro benzene ring substituents is 1. The highest BCUT2D eigenvalue weighted by Gasteiger charge is 2.26. The lowest BCUT2D eigenvalue weighted by Crippen LogP contribution is -2.38. The zero-order chi connectivity index (χ0) is 15.2. The molecule has 1 saturated heterocycles. The van der Waals surface area contributed by atoms with Gasteiger partial charge in [0, 0.05) is 25.2 Å². The van der Waals surface area contributed by atoms with Gasteiger partial charge >= 0.3 is 5.97 Å². The average Bonchev–Trinajstić information content (AvgIpc) is 2.48. The Labute approximate surface area is 123 Å². The van der Waals surface area contributed by atoms with Gasteiger partial charge in [0.25, 0.3) is 5.69 Å². The van der Waals surface area contributed by atoms with Crippen LogP contribution in [0.25, 0.3) is 0 Å². The molecule has 6 heteroatoms. The van der Waals surface area contributed by atoms with E-state index >= 15 is 0 Å². The number of carbonyl (C=O) groups excluding carboxylic acids is 1. The van der Waals surface area contributed by atoms with E-state index in [0.717, 1.165) is 24.9 Å². The third-order valence-electron chi connectivity index (χ3n) is 3.68. The molecule has 0 bridgehead atoms. The first kappa shape index (κ1) is 15.4. The molecule has 1 atom stereocenters. The Hall–Kier alpha value is -1.95. The Morgan fingerprint density at radius 3 is 2.76 bits per heavy atom. The number of piperidine rings is 1. The molecule has 0 spiro atoms. The molecule has 1 unspecified atom stereocenters. The SMILES string of the molecule is CCOC(=O)C1CCCN(Cc2ccc([N+](=O)[O-])cc2)C1. The normalized spacial score (nSPS) is 19.2. The highest BCUT2D eigenvalue weighted by molar-refractivity contribution is 5.72. The largest absolute Gasteiger partial charge is 0.466 e. The van der Waals surface area contributed by atoms with Gasteiger partial charge in [-0.15, -0.1) is 0 Å². The summed E-state index contributed by atoms with van der Waals surface area (Å²) in [5.41, 5.74) is 1.12. The molecule has 0 aromatic heterocycles. The maximum absolute atomic E-state index is 11.8. The second kappa shape index (κ2) is 7.17. The van der Waals surface area contributed by atoms with Gasteiger partial charge in [0.05, 0.1) is 17.4 Å². The van der Waals surface area contributed by atoms with Crippen LogP contribution in [0, 0.1) is 16.0 Å². The number of hydrogen-bond acceptors (Lipinski definition) is 5. The van der Waals surface area contributed by atoms with Crippen LogP contribution in [0.1, 0.15) is 25.3 Å². The lowest BCUT2D eigenvalue weighted by molar-refractivity contribution is -0.384. The summed E-state index contributed by atoms with van der Waals surface area (Å²) in [5, 5.41) is 10.6.